The SMILES string of the molecule is CCc1cccc(-c2c(Cl)cccc2[C@H](OCCNC(=O)OC)[C@@H]2CCCN(C(=O)O)C2)c1. The van der Waals surface area contributed by atoms with Crippen LogP contribution in [0.15, 0.2) is 42.5 Å². The third kappa shape index (κ3) is 6.39. The van der Waals surface area contributed by atoms with Crippen molar-refractivity contribution in [2.45, 2.75) is 32.3 Å². The Hall–Kier alpha value is -2.77. The Morgan fingerprint density at radius 1 is 1.27 bits per heavy atom. The van der Waals surface area contributed by atoms with Crippen LogP contribution in [0.25, 0.3) is 11.1 Å². The molecule has 1 saturated heterocycles. The molecule has 1 fully saturated rings. The highest BCUT2D eigenvalue weighted by atomic mass is 35.5. The summed E-state index contributed by atoms with van der Waals surface area (Å²) in [5.74, 6) is -0.0421. The van der Waals surface area contributed by atoms with E-state index in [1.165, 1.54) is 17.6 Å². The molecule has 7 nitrogen and oxygen atoms in total. The highest BCUT2D eigenvalue weighted by Crippen LogP contribution is 2.41. The summed E-state index contributed by atoms with van der Waals surface area (Å²) in [6.45, 7) is 3.54. The van der Waals surface area contributed by atoms with Crippen molar-refractivity contribution in [1.82, 2.24) is 10.2 Å². The second-order valence-electron chi connectivity index (χ2n) is 8.10. The number of aryl methyl sites for hydroxylation is 1. The number of hydrogen-bond acceptors (Lipinski definition) is 4. The summed E-state index contributed by atoms with van der Waals surface area (Å²) in [6, 6.07) is 14.0. The summed E-state index contributed by atoms with van der Waals surface area (Å²) < 4.78 is 10.9. The van der Waals surface area contributed by atoms with Gasteiger partial charge in [0.2, 0.25) is 0 Å². The number of hydrogen-bond donors (Lipinski definition) is 2. The second kappa shape index (κ2) is 11.9. The van der Waals surface area contributed by atoms with Crippen molar-refractivity contribution in [3.05, 3.63) is 58.6 Å². The molecule has 0 unspecified atom stereocenters. The number of rotatable bonds is 8. The zero-order valence-electron chi connectivity index (χ0n) is 19.1. The van der Waals surface area contributed by atoms with E-state index in [0.717, 1.165) is 36.0 Å². The number of amides is 2. The van der Waals surface area contributed by atoms with Crippen molar-refractivity contribution in [2.75, 3.05) is 33.4 Å². The summed E-state index contributed by atoms with van der Waals surface area (Å²) in [4.78, 5) is 24.5. The number of piperidine rings is 1. The minimum absolute atomic E-state index is 0.0421. The van der Waals surface area contributed by atoms with Gasteiger partial charge in [0, 0.05) is 36.1 Å². The van der Waals surface area contributed by atoms with Crippen LogP contribution < -0.4 is 5.32 Å². The van der Waals surface area contributed by atoms with E-state index in [1.807, 2.05) is 30.3 Å². The van der Waals surface area contributed by atoms with Gasteiger partial charge in [0.15, 0.2) is 0 Å². The molecule has 2 amide bonds. The van der Waals surface area contributed by atoms with Gasteiger partial charge in [0.1, 0.15) is 0 Å². The van der Waals surface area contributed by atoms with E-state index < -0.39 is 12.2 Å². The van der Waals surface area contributed by atoms with Crippen molar-refractivity contribution in [2.24, 2.45) is 5.92 Å². The molecular weight excluding hydrogens is 444 g/mol. The molecule has 0 bridgehead atoms. The molecule has 2 N–H and O–H groups in total. The molecule has 2 aromatic carbocycles. The number of carboxylic acid groups (broad SMARTS) is 1. The molecule has 1 aliphatic heterocycles. The van der Waals surface area contributed by atoms with Gasteiger partial charge in [-0.05, 0) is 42.0 Å². The molecule has 8 heteroatoms. The van der Waals surface area contributed by atoms with Crippen molar-refractivity contribution in [3.8, 4) is 11.1 Å². The van der Waals surface area contributed by atoms with Crippen LogP contribution in [0.5, 0.6) is 0 Å². The van der Waals surface area contributed by atoms with Gasteiger partial charge in [-0.3, -0.25) is 0 Å². The largest absolute Gasteiger partial charge is 0.465 e. The monoisotopic (exact) mass is 474 g/mol. The highest BCUT2D eigenvalue weighted by Gasteiger charge is 2.33. The molecule has 0 spiro atoms. The highest BCUT2D eigenvalue weighted by molar-refractivity contribution is 6.33. The Morgan fingerprint density at radius 3 is 2.79 bits per heavy atom. The Kier molecular flexibility index (Phi) is 8.97. The van der Waals surface area contributed by atoms with Gasteiger partial charge in [-0.25, -0.2) is 9.59 Å². The number of nitrogens with zero attached hydrogens (tertiary/aromatic N) is 1. The summed E-state index contributed by atoms with van der Waals surface area (Å²) in [5, 5.41) is 12.8. The first-order chi connectivity index (χ1) is 15.9. The van der Waals surface area contributed by atoms with E-state index in [9.17, 15) is 14.7 Å². The first-order valence-electron chi connectivity index (χ1n) is 11.2. The maximum absolute atomic E-state index is 11.6. The molecule has 1 aliphatic rings. The summed E-state index contributed by atoms with van der Waals surface area (Å²) >= 11 is 6.71. The lowest BCUT2D eigenvalue weighted by atomic mass is 9.84. The third-order valence-electron chi connectivity index (χ3n) is 5.99. The van der Waals surface area contributed by atoms with Crippen LogP contribution in [0.4, 0.5) is 9.59 Å². The average molecular weight is 475 g/mol. The zero-order chi connectivity index (χ0) is 23.8. The minimum Gasteiger partial charge on any atom is -0.465 e. The fourth-order valence-electron chi connectivity index (χ4n) is 4.35. The number of benzene rings is 2. The smallest absolute Gasteiger partial charge is 0.407 e. The number of carbonyl (C=O) groups excluding carboxylic acids is 1. The molecule has 0 aromatic heterocycles. The van der Waals surface area contributed by atoms with Crippen molar-refractivity contribution < 1.29 is 24.2 Å². The summed E-state index contributed by atoms with van der Waals surface area (Å²) in [7, 11) is 1.31. The lowest BCUT2D eigenvalue weighted by Crippen LogP contribution is -2.41. The number of halogens is 1. The molecule has 0 aliphatic carbocycles. The number of carbonyl (C=O) groups is 2. The predicted octanol–water partition coefficient (Wildman–Crippen LogP) is 5.37. The molecule has 3 rings (SSSR count). The molecule has 33 heavy (non-hydrogen) atoms. The molecule has 178 valence electrons. The van der Waals surface area contributed by atoms with Crippen LogP contribution in [0.3, 0.4) is 0 Å². The van der Waals surface area contributed by atoms with Gasteiger partial charge >= 0.3 is 12.2 Å². The Labute approximate surface area is 199 Å². The van der Waals surface area contributed by atoms with Crippen LogP contribution in [0.2, 0.25) is 5.02 Å². The van der Waals surface area contributed by atoms with Gasteiger partial charge in [-0.2, -0.15) is 0 Å². The maximum Gasteiger partial charge on any atom is 0.407 e. The minimum atomic E-state index is -0.923. The normalized spacial score (nSPS) is 16.8. The van der Waals surface area contributed by atoms with Crippen LogP contribution >= 0.6 is 11.6 Å². The quantitative estimate of drug-likeness (QED) is 0.502. The molecule has 2 atom stereocenters. The van der Waals surface area contributed by atoms with E-state index in [0.29, 0.717) is 18.1 Å². The van der Waals surface area contributed by atoms with E-state index in [4.69, 9.17) is 16.3 Å². The number of alkyl carbamates (subject to hydrolysis) is 1. The zero-order valence-corrected chi connectivity index (χ0v) is 19.8. The van der Waals surface area contributed by atoms with Gasteiger partial charge in [-0.1, -0.05) is 54.9 Å². The van der Waals surface area contributed by atoms with Gasteiger partial charge in [0.25, 0.3) is 0 Å². The Balaban J connectivity index is 1.96. The second-order valence-corrected chi connectivity index (χ2v) is 8.51. The van der Waals surface area contributed by atoms with Crippen molar-refractivity contribution >= 4 is 23.8 Å². The summed E-state index contributed by atoms with van der Waals surface area (Å²) in [5.41, 5.74) is 4.02. The molecule has 0 saturated carbocycles. The standard InChI is InChI=1S/C25H31ClN2O5/c1-3-17-7-4-8-18(15-17)22-20(10-5-11-21(22)26)23(33-14-12-27-24(29)32-2)19-9-6-13-28(16-19)25(30)31/h4-5,7-8,10-11,15,19,23H,3,6,9,12-14,16H2,1-2H3,(H,27,29)(H,30,31)/t19-,23-/m1/s1. The van der Waals surface area contributed by atoms with Crippen LogP contribution in [-0.4, -0.2) is 55.5 Å². The Bertz CT molecular complexity index is 968. The first kappa shape index (κ1) is 24.9. The molecule has 1 heterocycles. The molecular formula is C25H31ClN2O5. The van der Waals surface area contributed by atoms with Crippen molar-refractivity contribution in [1.29, 1.82) is 0 Å². The average Bonchev–Trinajstić information content (AvgIpc) is 2.83. The van der Waals surface area contributed by atoms with E-state index in [1.54, 1.807) is 0 Å². The number of methoxy groups -OCH3 is 1. The van der Waals surface area contributed by atoms with E-state index in [2.05, 4.69) is 29.1 Å². The van der Waals surface area contributed by atoms with Crippen LogP contribution in [-0.2, 0) is 15.9 Å². The maximum atomic E-state index is 11.6. The van der Waals surface area contributed by atoms with Gasteiger partial charge in [0.05, 0.1) is 19.8 Å². The van der Waals surface area contributed by atoms with Crippen LogP contribution in [0.1, 0.15) is 37.0 Å². The number of nitrogens with one attached hydrogen (secondary N) is 1. The van der Waals surface area contributed by atoms with Crippen molar-refractivity contribution in [3.63, 3.8) is 0 Å². The molecule has 0 radical (unpaired) electrons. The number of likely N-dealkylation sites (tertiary alicyclic amines) is 1. The first-order valence-corrected chi connectivity index (χ1v) is 11.6. The van der Waals surface area contributed by atoms with Crippen LogP contribution in [0, 0.1) is 5.92 Å². The lowest BCUT2D eigenvalue weighted by Gasteiger charge is -2.36. The fraction of sp³-hybridized carbons (Fsp3) is 0.440. The molecule has 2 aromatic rings. The van der Waals surface area contributed by atoms with E-state index >= 15 is 0 Å². The Morgan fingerprint density at radius 2 is 2.06 bits per heavy atom. The van der Waals surface area contributed by atoms with E-state index in [-0.39, 0.29) is 25.2 Å². The topological polar surface area (TPSA) is 88.1 Å². The van der Waals surface area contributed by atoms with Gasteiger partial charge in [-0.15, -0.1) is 0 Å². The summed E-state index contributed by atoms with van der Waals surface area (Å²) in [6.07, 6.45) is 0.671. The fourth-order valence-corrected chi connectivity index (χ4v) is 4.64. The van der Waals surface area contributed by atoms with Gasteiger partial charge < -0.3 is 24.8 Å². The lowest BCUT2D eigenvalue weighted by molar-refractivity contribution is -0.0113. The third-order valence-corrected chi connectivity index (χ3v) is 6.30. The number of ether oxygens (including phenoxy) is 2. The predicted molar refractivity (Wildman–Crippen MR) is 128 cm³/mol.